The maximum absolute atomic E-state index is 11.4. The molecule has 0 spiro atoms. The first-order chi connectivity index (χ1) is 8.08. The summed E-state index contributed by atoms with van der Waals surface area (Å²) in [5.74, 6) is -0.859. The molecule has 0 aliphatic carbocycles. The van der Waals surface area contributed by atoms with E-state index in [-0.39, 0.29) is 0 Å². The number of imidazole rings is 1. The van der Waals surface area contributed by atoms with Crippen molar-refractivity contribution in [1.82, 2.24) is 9.97 Å². The highest BCUT2D eigenvalue weighted by molar-refractivity contribution is 5.84. The van der Waals surface area contributed by atoms with E-state index in [4.69, 9.17) is 5.73 Å². The van der Waals surface area contributed by atoms with Gasteiger partial charge in [-0.25, -0.2) is 4.98 Å². The van der Waals surface area contributed by atoms with Crippen molar-refractivity contribution in [2.75, 3.05) is 6.54 Å². The number of carboxylic acids is 1. The van der Waals surface area contributed by atoms with E-state index in [1.54, 1.807) is 19.3 Å². The van der Waals surface area contributed by atoms with Crippen molar-refractivity contribution >= 4 is 17.0 Å². The van der Waals surface area contributed by atoms with Gasteiger partial charge in [-0.05, 0) is 37.6 Å². The Morgan fingerprint density at radius 1 is 1.59 bits per heavy atom. The minimum Gasteiger partial charge on any atom is -0.481 e. The van der Waals surface area contributed by atoms with Gasteiger partial charge >= 0.3 is 5.97 Å². The Bertz CT molecular complexity index is 549. The molecule has 5 nitrogen and oxygen atoms in total. The highest BCUT2D eigenvalue weighted by Crippen LogP contribution is 2.29. The number of rotatable bonds is 4. The number of aromatic nitrogens is 2. The van der Waals surface area contributed by atoms with E-state index in [9.17, 15) is 9.90 Å². The van der Waals surface area contributed by atoms with Crippen LogP contribution in [-0.4, -0.2) is 27.6 Å². The van der Waals surface area contributed by atoms with Gasteiger partial charge in [0, 0.05) is 0 Å². The van der Waals surface area contributed by atoms with Crippen LogP contribution in [0.1, 0.15) is 18.9 Å². The molecule has 0 radical (unpaired) electrons. The average molecular weight is 233 g/mol. The lowest BCUT2D eigenvalue weighted by Gasteiger charge is -2.24. The molecule has 2 rings (SSSR count). The van der Waals surface area contributed by atoms with E-state index in [1.165, 1.54) is 0 Å². The van der Waals surface area contributed by atoms with Crippen molar-refractivity contribution in [2.24, 2.45) is 5.73 Å². The number of aromatic amines is 1. The van der Waals surface area contributed by atoms with Crippen LogP contribution in [0, 0.1) is 0 Å². The summed E-state index contributed by atoms with van der Waals surface area (Å²) in [6.07, 6.45) is 2.00. The molecule has 0 fully saturated rings. The number of nitrogens with zero attached hydrogens (tertiary/aromatic N) is 1. The zero-order valence-corrected chi connectivity index (χ0v) is 9.60. The summed E-state index contributed by atoms with van der Waals surface area (Å²) >= 11 is 0. The van der Waals surface area contributed by atoms with Gasteiger partial charge in [0.15, 0.2) is 0 Å². The molecule has 17 heavy (non-hydrogen) atoms. The van der Waals surface area contributed by atoms with Crippen LogP contribution in [0.5, 0.6) is 0 Å². The number of hydrogen-bond donors (Lipinski definition) is 3. The number of hydrogen-bond acceptors (Lipinski definition) is 3. The van der Waals surface area contributed by atoms with Crippen molar-refractivity contribution in [3.8, 4) is 0 Å². The second kappa shape index (κ2) is 4.18. The summed E-state index contributed by atoms with van der Waals surface area (Å²) in [5, 5.41) is 9.36. The van der Waals surface area contributed by atoms with Crippen molar-refractivity contribution < 1.29 is 9.90 Å². The Morgan fingerprint density at radius 2 is 2.35 bits per heavy atom. The molecule has 1 aromatic carbocycles. The molecule has 1 atom stereocenters. The third-order valence-electron chi connectivity index (χ3n) is 3.17. The molecule has 1 aromatic heterocycles. The molecule has 0 saturated carbocycles. The Labute approximate surface area is 98.7 Å². The number of carbonyl (C=O) groups is 1. The number of nitrogens with two attached hydrogens (primary N) is 1. The second-order valence-electron chi connectivity index (χ2n) is 4.31. The predicted molar refractivity (Wildman–Crippen MR) is 64.8 cm³/mol. The molecule has 2 aromatic rings. The second-order valence-corrected chi connectivity index (χ2v) is 4.31. The van der Waals surface area contributed by atoms with Gasteiger partial charge in [0.1, 0.15) is 0 Å². The Hall–Kier alpha value is -1.88. The summed E-state index contributed by atoms with van der Waals surface area (Å²) < 4.78 is 0. The fourth-order valence-electron chi connectivity index (χ4n) is 1.94. The topological polar surface area (TPSA) is 92.0 Å². The highest BCUT2D eigenvalue weighted by Gasteiger charge is 2.34. The molecule has 0 saturated heterocycles. The number of carboxylic acid groups (broad SMARTS) is 1. The highest BCUT2D eigenvalue weighted by atomic mass is 16.4. The molecule has 4 N–H and O–H groups in total. The number of fused-ring (bicyclic) bond motifs is 1. The first-order valence-electron chi connectivity index (χ1n) is 5.45. The summed E-state index contributed by atoms with van der Waals surface area (Å²) in [6, 6.07) is 5.44. The van der Waals surface area contributed by atoms with Crippen molar-refractivity contribution in [3.63, 3.8) is 0 Å². The minimum atomic E-state index is -0.950. The minimum absolute atomic E-state index is 0.337. The van der Waals surface area contributed by atoms with Crippen LogP contribution in [-0.2, 0) is 10.2 Å². The van der Waals surface area contributed by atoms with Crippen LogP contribution >= 0.6 is 0 Å². The molecule has 90 valence electrons. The number of benzene rings is 1. The zero-order valence-electron chi connectivity index (χ0n) is 9.60. The Morgan fingerprint density at radius 3 is 3.00 bits per heavy atom. The third-order valence-corrected chi connectivity index (χ3v) is 3.17. The van der Waals surface area contributed by atoms with E-state index in [0.717, 1.165) is 16.6 Å². The molecule has 0 amide bonds. The average Bonchev–Trinajstić information content (AvgIpc) is 2.75. The van der Waals surface area contributed by atoms with Gasteiger partial charge in [-0.1, -0.05) is 6.07 Å². The van der Waals surface area contributed by atoms with Gasteiger partial charge in [-0.15, -0.1) is 0 Å². The van der Waals surface area contributed by atoms with Crippen LogP contribution in [0.2, 0.25) is 0 Å². The molecular weight excluding hydrogens is 218 g/mol. The van der Waals surface area contributed by atoms with Gasteiger partial charge in [-0.3, -0.25) is 4.79 Å². The van der Waals surface area contributed by atoms with Crippen LogP contribution < -0.4 is 5.73 Å². The molecule has 0 aliphatic rings. The van der Waals surface area contributed by atoms with Crippen LogP contribution in [0.15, 0.2) is 24.5 Å². The van der Waals surface area contributed by atoms with Crippen LogP contribution in [0.4, 0.5) is 0 Å². The van der Waals surface area contributed by atoms with Crippen LogP contribution in [0.25, 0.3) is 11.0 Å². The quantitative estimate of drug-likeness (QED) is 0.741. The molecule has 5 heteroatoms. The molecular formula is C12H15N3O2. The monoisotopic (exact) mass is 233 g/mol. The summed E-state index contributed by atoms with van der Waals surface area (Å²) in [4.78, 5) is 18.5. The van der Waals surface area contributed by atoms with Gasteiger partial charge in [0.2, 0.25) is 0 Å². The number of nitrogens with one attached hydrogen (secondary N) is 1. The molecule has 0 aliphatic heterocycles. The van der Waals surface area contributed by atoms with E-state index in [1.807, 2.05) is 12.1 Å². The first kappa shape index (κ1) is 11.6. The lowest BCUT2D eigenvalue weighted by atomic mass is 9.79. The lowest BCUT2D eigenvalue weighted by molar-refractivity contribution is -0.143. The van der Waals surface area contributed by atoms with Crippen molar-refractivity contribution in [2.45, 2.75) is 18.8 Å². The largest absolute Gasteiger partial charge is 0.481 e. The fraction of sp³-hybridized carbons (Fsp3) is 0.333. The summed E-state index contributed by atoms with van der Waals surface area (Å²) in [7, 11) is 0. The predicted octanol–water partition coefficient (Wildman–Crippen LogP) is 1.25. The van der Waals surface area contributed by atoms with E-state index in [0.29, 0.717) is 13.0 Å². The van der Waals surface area contributed by atoms with Crippen molar-refractivity contribution in [1.29, 1.82) is 0 Å². The standard InChI is InChI=1S/C12H15N3O2/c1-12(4-5-13,11(16)17)8-2-3-9-10(6-8)15-7-14-9/h2-3,6-7H,4-5,13H2,1H3,(H,14,15)(H,16,17). The van der Waals surface area contributed by atoms with E-state index < -0.39 is 11.4 Å². The maximum atomic E-state index is 11.4. The summed E-state index contributed by atoms with van der Waals surface area (Å²) in [6.45, 7) is 2.03. The Kier molecular flexibility index (Phi) is 2.85. The molecule has 1 heterocycles. The smallest absolute Gasteiger partial charge is 0.313 e. The lowest BCUT2D eigenvalue weighted by Crippen LogP contribution is -2.34. The van der Waals surface area contributed by atoms with Gasteiger partial charge < -0.3 is 15.8 Å². The fourth-order valence-corrected chi connectivity index (χ4v) is 1.94. The zero-order chi connectivity index (χ0) is 12.5. The van der Waals surface area contributed by atoms with Gasteiger partial charge in [-0.2, -0.15) is 0 Å². The molecule has 1 unspecified atom stereocenters. The number of H-pyrrole nitrogens is 1. The van der Waals surface area contributed by atoms with E-state index in [2.05, 4.69) is 9.97 Å². The maximum Gasteiger partial charge on any atom is 0.313 e. The summed E-state index contributed by atoms with van der Waals surface area (Å²) in [5.41, 5.74) is 6.96. The number of aliphatic carboxylic acids is 1. The van der Waals surface area contributed by atoms with Gasteiger partial charge in [0.05, 0.1) is 22.8 Å². The van der Waals surface area contributed by atoms with Gasteiger partial charge in [0.25, 0.3) is 0 Å². The first-order valence-corrected chi connectivity index (χ1v) is 5.45. The third kappa shape index (κ3) is 1.89. The van der Waals surface area contributed by atoms with E-state index >= 15 is 0 Å². The van der Waals surface area contributed by atoms with Crippen molar-refractivity contribution in [3.05, 3.63) is 30.1 Å². The Balaban J connectivity index is 2.51. The SMILES string of the molecule is CC(CCN)(C(=O)O)c1ccc2nc[nH]c2c1. The van der Waals surface area contributed by atoms with Crippen LogP contribution in [0.3, 0.4) is 0 Å². The molecule has 0 bridgehead atoms. The normalized spacial score (nSPS) is 14.7.